The van der Waals surface area contributed by atoms with Crippen molar-refractivity contribution in [3.05, 3.63) is 0 Å². The maximum Gasteiger partial charge on any atom is 0.0353 e. The van der Waals surface area contributed by atoms with Crippen molar-refractivity contribution in [2.24, 2.45) is 0 Å². The molecule has 3 heteroatoms. The third-order valence-corrected chi connectivity index (χ3v) is 0.0833. The first-order valence-corrected chi connectivity index (χ1v) is 0.911. The molecular weight excluding hydrogens is 158 g/mol. The van der Waals surface area contributed by atoms with Crippen LogP contribution in [-0.2, 0) is 20.4 Å². The van der Waals surface area contributed by atoms with E-state index in [4.69, 9.17) is 10.8 Å². The molecule has 0 fully saturated rings. The van der Waals surface area contributed by atoms with E-state index in [1.165, 1.54) is 0 Å². The SMILES string of the molecule is N=CC=N.[Pd]. The van der Waals surface area contributed by atoms with E-state index in [2.05, 4.69) is 0 Å². The summed E-state index contributed by atoms with van der Waals surface area (Å²) in [7, 11) is 0. The van der Waals surface area contributed by atoms with Crippen LogP contribution in [0.25, 0.3) is 0 Å². The summed E-state index contributed by atoms with van der Waals surface area (Å²) in [5, 5.41) is 12.2. The van der Waals surface area contributed by atoms with E-state index >= 15 is 0 Å². The summed E-state index contributed by atoms with van der Waals surface area (Å²) >= 11 is 0. The van der Waals surface area contributed by atoms with Gasteiger partial charge in [0.1, 0.15) is 0 Å². The Balaban J connectivity index is 0. The molecule has 0 aromatic carbocycles. The van der Waals surface area contributed by atoms with E-state index in [9.17, 15) is 0 Å². The summed E-state index contributed by atoms with van der Waals surface area (Å²) in [6, 6.07) is 0. The molecule has 0 aliphatic carbocycles. The van der Waals surface area contributed by atoms with Gasteiger partial charge in [-0.3, -0.25) is 0 Å². The van der Waals surface area contributed by atoms with Gasteiger partial charge in [-0.1, -0.05) is 0 Å². The predicted octanol–water partition coefficient (Wildman–Crippen LogP) is 0.283. The second kappa shape index (κ2) is 9.00. The molecule has 32 valence electrons. The molecule has 0 aromatic heterocycles. The van der Waals surface area contributed by atoms with Gasteiger partial charge in [0.25, 0.3) is 0 Å². The van der Waals surface area contributed by atoms with Gasteiger partial charge in [0.05, 0.1) is 0 Å². The zero-order chi connectivity index (χ0) is 3.41. The molecule has 0 spiro atoms. The second-order valence-electron chi connectivity index (χ2n) is 0.333. The van der Waals surface area contributed by atoms with Crippen LogP contribution in [-0.4, -0.2) is 12.4 Å². The standard InChI is InChI=1S/C2H4N2.Pd/c3-1-2-4;/h1-4H;. The minimum atomic E-state index is 0. The third kappa shape index (κ3) is 16.0. The Morgan fingerprint density at radius 1 is 1.00 bits per heavy atom. The molecule has 0 bridgehead atoms. The van der Waals surface area contributed by atoms with Crippen LogP contribution >= 0.6 is 0 Å². The molecule has 0 heterocycles. The molecule has 0 amide bonds. The molecule has 0 aliphatic heterocycles. The molecule has 2 N–H and O–H groups in total. The van der Waals surface area contributed by atoms with Gasteiger partial charge in [-0.05, 0) is 0 Å². The van der Waals surface area contributed by atoms with E-state index < -0.39 is 0 Å². The minimum Gasteiger partial charge on any atom is -0.307 e. The smallest absolute Gasteiger partial charge is 0.0353 e. The molecule has 0 aromatic rings. The van der Waals surface area contributed by atoms with Crippen molar-refractivity contribution >= 4 is 12.4 Å². The summed E-state index contributed by atoms with van der Waals surface area (Å²) in [5.41, 5.74) is 0. The van der Waals surface area contributed by atoms with Crippen molar-refractivity contribution in [3.8, 4) is 0 Å². The van der Waals surface area contributed by atoms with Gasteiger partial charge in [0, 0.05) is 32.9 Å². The topological polar surface area (TPSA) is 47.7 Å². The maximum atomic E-state index is 6.08. The Kier molecular flexibility index (Phi) is 16.0. The summed E-state index contributed by atoms with van der Waals surface area (Å²) in [5.74, 6) is 0. The molecule has 0 saturated heterocycles. The fraction of sp³-hybridized carbons (Fsp3) is 0. The van der Waals surface area contributed by atoms with Crippen molar-refractivity contribution < 1.29 is 20.4 Å². The molecule has 5 heavy (non-hydrogen) atoms. The quantitative estimate of drug-likeness (QED) is 0.411. The molecule has 0 unspecified atom stereocenters. The van der Waals surface area contributed by atoms with Crippen molar-refractivity contribution in [1.82, 2.24) is 0 Å². The average Bonchev–Trinajstić information content (AvgIpc) is 1.37. The van der Waals surface area contributed by atoms with Crippen LogP contribution in [0.15, 0.2) is 0 Å². The van der Waals surface area contributed by atoms with E-state index in [1.807, 2.05) is 0 Å². The monoisotopic (exact) mass is 162 g/mol. The maximum absolute atomic E-state index is 6.08. The van der Waals surface area contributed by atoms with Crippen LogP contribution < -0.4 is 0 Å². The van der Waals surface area contributed by atoms with Crippen LogP contribution in [0.3, 0.4) is 0 Å². The van der Waals surface area contributed by atoms with Gasteiger partial charge in [-0.15, -0.1) is 0 Å². The minimum absolute atomic E-state index is 0. The number of rotatable bonds is 1. The van der Waals surface area contributed by atoms with Crippen molar-refractivity contribution in [1.29, 1.82) is 10.8 Å². The summed E-state index contributed by atoms with van der Waals surface area (Å²) < 4.78 is 0. The van der Waals surface area contributed by atoms with E-state index in [-0.39, 0.29) is 20.4 Å². The van der Waals surface area contributed by atoms with Crippen LogP contribution in [0.1, 0.15) is 0 Å². The Bertz CT molecular complexity index is 28.6. The third-order valence-electron chi connectivity index (χ3n) is 0.0833. The van der Waals surface area contributed by atoms with Crippen LogP contribution in [0, 0.1) is 10.8 Å². The summed E-state index contributed by atoms with van der Waals surface area (Å²) in [6.45, 7) is 0. The predicted molar refractivity (Wildman–Crippen MR) is 17.6 cm³/mol. The molecule has 0 saturated carbocycles. The molecule has 0 atom stereocenters. The fourth-order valence-electron chi connectivity index (χ4n) is 0. The van der Waals surface area contributed by atoms with Crippen molar-refractivity contribution in [2.75, 3.05) is 0 Å². The Hall–Kier alpha value is 0.00234. The Morgan fingerprint density at radius 3 is 1.20 bits per heavy atom. The largest absolute Gasteiger partial charge is 0.307 e. The van der Waals surface area contributed by atoms with Crippen LogP contribution in [0.2, 0.25) is 0 Å². The zero-order valence-electron chi connectivity index (χ0n) is 2.47. The van der Waals surface area contributed by atoms with E-state index in [1.54, 1.807) is 0 Å². The van der Waals surface area contributed by atoms with Crippen molar-refractivity contribution in [2.45, 2.75) is 0 Å². The molecule has 2 nitrogen and oxygen atoms in total. The van der Waals surface area contributed by atoms with Crippen LogP contribution in [0.4, 0.5) is 0 Å². The number of hydrogen-bond acceptors (Lipinski definition) is 2. The van der Waals surface area contributed by atoms with Gasteiger partial charge >= 0.3 is 0 Å². The Morgan fingerprint density at radius 2 is 1.20 bits per heavy atom. The van der Waals surface area contributed by atoms with Crippen molar-refractivity contribution in [3.63, 3.8) is 0 Å². The average molecular weight is 162 g/mol. The second-order valence-corrected chi connectivity index (χ2v) is 0.333. The zero-order valence-corrected chi connectivity index (χ0v) is 4.03. The van der Waals surface area contributed by atoms with E-state index in [0.717, 1.165) is 12.4 Å². The first-order valence-electron chi connectivity index (χ1n) is 0.911. The first-order chi connectivity index (χ1) is 1.91. The summed E-state index contributed by atoms with van der Waals surface area (Å²) in [6.07, 6.45) is 1.83. The van der Waals surface area contributed by atoms with Gasteiger partial charge in [-0.2, -0.15) is 0 Å². The fourth-order valence-corrected chi connectivity index (χ4v) is 0. The van der Waals surface area contributed by atoms with Gasteiger partial charge in [-0.25, -0.2) is 0 Å². The summed E-state index contributed by atoms with van der Waals surface area (Å²) in [4.78, 5) is 0. The number of hydrogen-bond donors (Lipinski definition) is 2. The van der Waals surface area contributed by atoms with Gasteiger partial charge in [0.15, 0.2) is 0 Å². The normalized spacial score (nSPS) is 4.00. The first kappa shape index (κ1) is 8.89. The molecule has 0 rings (SSSR count). The number of nitrogens with one attached hydrogen (secondary N) is 2. The molecule has 0 aliphatic rings. The van der Waals surface area contributed by atoms with Gasteiger partial charge < -0.3 is 10.8 Å². The molecular formula is C2H4N2Pd. The van der Waals surface area contributed by atoms with E-state index in [0.29, 0.717) is 0 Å². The van der Waals surface area contributed by atoms with Gasteiger partial charge in [0.2, 0.25) is 0 Å². The van der Waals surface area contributed by atoms with Crippen LogP contribution in [0.5, 0.6) is 0 Å². The Labute approximate surface area is 44.3 Å². The molecule has 0 radical (unpaired) electrons.